The number of hydrogen-bond donors (Lipinski definition) is 1. The average molecular weight is 334 g/mol. The first kappa shape index (κ1) is 13.6. The topological polar surface area (TPSA) is 61.0 Å². The highest BCUT2D eigenvalue weighted by Gasteiger charge is 2.33. The smallest absolute Gasteiger partial charge is 0.424 e. The summed E-state index contributed by atoms with van der Waals surface area (Å²) in [5, 5.41) is 0. The van der Waals surface area contributed by atoms with Gasteiger partial charge in [0.25, 0.3) is 0 Å². The van der Waals surface area contributed by atoms with Crippen LogP contribution in [0.4, 0.5) is 18.9 Å². The molecule has 2 rings (SSSR count). The molecule has 4 nitrogen and oxygen atoms in total. The number of rotatable bonds is 2. The van der Waals surface area contributed by atoms with Gasteiger partial charge in [-0.25, -0.2) is 4.98 Å². The molecule has 1 aromatic carbocycles. The number of alkyl halides is 3. The molecule has 1 aromatic heterocycles. The normalized spacial score (nSPS) is 11.4. The zero-order valence-corrected chi connectivity index (χ0v) is 10.9. The van der Waals surface area contributed by atoms with Crippen molar-refractivity contribution in [3.05, 3.63) is 40.6 Å². The summed E-state index contributed by atoms with van der Waals surface area (Å²) in [5.74, 6) is 0.242. The van der Waals surface area contributed by atoms with E-state index in [4.69, 9.17) is 10.5 Å². The van der Waals surface area contributed by atoms with E-state index in [0.29, 0.717) is 10.2 Å². The lowest BCUT2D eigenvalue weighted by molar-refractivity contribution is -0.141. The second kappa shape index (κ2) is 5.04. The van der Waals surface area contributed by atoms with Crippen LogP contribution in [0.5, 0.6) is 11.8 Å². The molecular weight excluding hydrogens is 327 g/mol. The van der Waals surface area contributed by atoms with Gasteiger partial charge in [-0.3, -0.25) is 0 Å². The van der Waals surface area contributed by atoms with Crippen LogP contribution in [0.15, 0.2) is 34.9 Å². The molecule has 0 saturated carbocycles. The number of hydrogen-bond acceptors (Lipinski definition) is 4. The quantitative estimate of drug-likeness (QED) is 0.852. The summed E-state index contributed by atoms with van der Waals surface area (Å²) in [5.41, 5.74) is 4.91. The van der Waals surface area contributed by atoms with Crippen molar-refractivity contribution in [1.29, 1.82) is 0 Å². The molecule has 0 unspecified atom stereocenters. The molecule has 0 aliphatic heterocycles. The maximum absolute atomic E-state index is 12.5. The number of nitrogen functional groups attached to an aromatic ring is 1. The largest absolute Gasteiger partial charge is 0.433 e. The Hall–Kier alpha value is -1.83. The highest BCUT2D eigenvalue weighted by molar-refractivity contribution is 9.10. The van der Waals surface area contributed by atoms with E-state index in [1.54, 1.807) is 12.1 Å². The predicted octanol–water partition coefficient (Wildman–Crippen LogP) is 3.63. The Kier molecular flexibility index (Phi) is 3.61. The van der Waals surface area contributed by atoms with Crippen LogP contribution in [0.2, 0.25) is 0 Å². The van der Waals surface area contributed by atoms with Gasteiger partial charge in [0.2, 0.25) is 0 Å². The zero-order chi connectivity index (χ0) is 14.0. The van der Waals surface area contributed by atoms with Crippen molar-refractivity contribution >= 4 is 21.6 Å². The fourth-order valence-electron chi connectivity index (χ4n) is 1.30. The fraction of sp³-hybridized carbons (Fsp3) is 0.0909. The molecule has 2 aromatic rings. The third-order valence-electron chi connectivity index (χ3n) is 2.03. The van der Waals surface area contributed by atoms with Gasteiger partial charge in [0.15, 0.2) is 5.69 Å². The molecule has 1 heterocycles. The van der Waals surface area contributed by atoms with Crippen molar-refractivity contribution in [1.82, 2.24) is 9.97 Å². The third-order valence-corrected chi connectivity index (χ3v) is 2.48. The standard InChI is InChI=1S/C11H7BrF3N3O/c12-6-3-7(16)5-8(4-6)19-10-17-2-1-9(18-10)11(13,14)15/h1-5H,16H2. The highest BCUT2D eigenvalue weighted by Crippen LogP contribution is 2.30. The van der Waals surface area contributed by atoms with E-state index in [9.17, 15) is 13.2 Å². The minimum absolute atomic E-state index is 0.242. The zero-order valence-electron chi connectivity index (χ0n) is 9.28. The van der Waals surface area contributed by atoms with Crippen molar-refractivity contribution in [2.24, 2.45) is 0 Å². The fourth-order valence-corrected chi connectivity index (χ4v) is 1.79. The molecule has 8 heteroatoms. The van der Waals surface area contributed by atoms with Crippen molar-refractivity contribution < 1.29 is 17.9 Å². The van der Waals surface area contributed by atoms with Crippen LogP contribution >= 0.6 is 15.9 Å². The van der Waals surface area contributed by atoms with Gasteiger partial charge in [-0.15, -0.1) is 0 Å². The van der Waals surface area contributed by atoms with Gasteiger partial charge in [-0.05, 0) is 18.2 Å². The Balaban J connectivity index is 2.28. The van der Waals surface area contributed by atoms with Gasteiger partial charge in [-0.2, -0.15) is 18.2 Å². The van der Waals surface area contributed by atoms with Gasteiger partial charge in [0.1, 0.15) is 5.75 Å². The summed E-state index contributed by atoms with van der Waals surface area (Å²) in [7, 11) is 0. The van der Waals surface area contributed by atoms with Crippen LogP contribution in [-0.2, 0) is 6.18 Å². The van der Waals surface area contributed by atoms with Crippen molar-refractivity contribution in [2.75, 3.05) is 5.73 Å². The molecule has 19 heavy (non-hydrogen) atoms. The summed E-state index contributed by atoms with van der Waals surface area (Å²) < 4.78 is 43.2. The minimum Gasteiger partial charge on any atom is -0.424 e. The second-order valence-electron chi connectivity index (χ2n) is 3.54. The molecule has 0 amide bonds. The van der Waals surface area contributed by atoms with Gasteiger partial charge in [-0.1, -0.05) is 15.9 Å². The molecule has 0 saturated heterocycles. The molecular formula is C11H7BrF3N3O. The number of halogens is 4. The maximum Gasteiger partial charge on any atom is 0.433 e. The van der Waals surface area contributed by atoms with E-state index in [1.165, 1.54) is 6.07 Å². The van der Waals surface area contributed by atoms with Crippen LogP contribution in [0, 0.1) is 0 Å². The molecule has 0 atom stereocenters. The Labute approximate surface area is 114 Å². The summed E-state index contributed by atoms with van der Waals surface area (Å²) in [4.78, 5) is 6.90. The van der Waals surface area contributed by atoms with Gasteiger partial charge in [0, 0.05) is 22.4 Å². The molecule has 0 aliphatic carbocycles. The van der Waals surface area contributed by atoms with Crippen LogP contribution in [0.1, 0.15) is 5.69 Å². The van der Waals surface area contributed by atoms with Gasteiger partial charge in [0.05, 0.1) is 0 Å². The Morgan fingerprint density at radius 3 is 2.58 bits per heavy atom. The molecule has 100 valence electrons. The number of anilines is 1. The van der Waals surface area contributed by atoms with Crippen LogP contribution < -0.4 is 10.5 Å². The summed E-state index contributed by atoms with van der Waals surface area (Å²) in [6, 6.07) is 4.99. The van der Waals surface area contributed by atoms with Crippen molar-refractivity contribution in [3.8, 4) is 11.8 Å². The lowest BCUT2D eigenvalue weighted by Crippen LogP contribution is -2.08. The van der Waals surface area contributed by atoms with Gasteiger partial charge >= 0.3 is 12.2 Å². The predicted molar refractivity (Wildman–Crippen MR) is 65.7 cm³/mol. The lowest BCUT2D eigenvalue weighted by Gasteiger charge is -2.08. The van der Waals surface area contributed by atoms with E-state index in [1.807, 2.05) is 0 Å². The number of benzene rings is 1. The second-order valence-corrected chi connectivity index (χ2v) is 4.46. The molecule has 2 N–H and O–H groups in total. The molecule has 0 fully saturated rings. The number of nitrogens with two attached hydrogens (primary N) is 1. The van der Waals surface area contributed by atoms with E-state index in [2.05, 4.69) is 25.9 Å². The molecule has 0 radical (unpaired) electrons. The Morgan fingerprint density at radius 2 is 1.95 bits per heavy atom. The van der Waals surface area contributed by atoms with Crippen molar-refractivity contribution in [3.63, 3.8) is 0 Å². The first-order chi connectivity index (χ1) is 8.84. The summed E-state index contributed by atoms with van der Waals surface area (Å²) in [6.45, 7) is 0. The highest BCUT2D eigenvalue weighted by atomic mass is 79.9. The number of nitrogens with zero attached hydrogens (tertiary/aromatic N) is 2. The SMILES string of the molecule is Nc1cc(Br)cc(Oc2nccc(C(F)(F)F)n2)c1. The first-order valence-corrected chi connectivity index (χ1v) is 5.78. The Bertz CT molecular complexity index is 584. The summed E-state index contributed by atoms with van der Waals surface area (Å²) in [6.07, 6.45) is -3.57. The van der Waals surface area contributed by atoms with Crippen molar-refractivity contribution in [2.45, 2.75) is 6.18 Å². The minimum atomic E-state index is -4.54. The van der Waals surface area contributed by atoms with Crippen LogP contribution in [-0.4, -0.2) is 9.97 Å². The van der Waals surface area contributed by atoms with Crippen LogP contribution in [0.25, 0.3) is 0 Å². The molecule has 0 bridgehead atoms. The monoisotopic (exact) mass is 333 g/mol. The average Bonchev–Trinajstić information content (AvgIpc) is 2.26. The molecule has 0 spiro atoms. The third kappa shape index (κ3) is 3.57. The van der Waals surface area contributed by atoms with E-state index < -0.39 is 17.9 Å². The summed E-state index contributed by atoms with van der Waals surface area (Å²) >= 11 is 3.19. The number of aromatic nitrogens is 2. The Morgan fingerprint density at radius 1 is 1.21 bits per heavy atom. The maximum atomic E-state index is 12.5. The van der Waals surface area contributed by atoms with E-state index in [0.717, 1.165) is 12.3 Å². The number of ether oxygens (including phenoxy) is 1. The van der Waals surface area contributed by atoms with E-state index in [-0.39, 0.29) is 5.75 Å². The first-order valence-electron chi connectivity index (χ1n) is 4.99. The van der Waals surface area contributed by atoms with Gasteiger partial charge < -0.3 is 10.5 Å². The molecule has 0 aliphatic rings. The van der Waals surface area contributed by atoms with E-state index >= 15 is 0 Å². The lowest BCUT2D eigenvalue weighted by atomic mass is 10.3. The van der Waals surface area contributed by atoms with Crippen LogP contribution in [0.3, 0.4) is 0 Å².